The highest BCUT2D eigenvalue weighted by Crippen LogP contribution is 2.04. The Balaban J connectivity index is -0.000000180. The lowest BCUT2D eigenvalue weighted by atomic mass is 9.99. The van der Waals surface area contributed by atoms with Gasteiger partial charge in [0.05, 0.1) is 0 Å². The monoisotopic (exact) mass is 147 g/mol. The second kappa shape index (κ2) is 15.8. The van der Waals surface area contributed by atoms with Gasteiger partial charge in [0.1, 0.15) is 7.00 Å². The molecule has 0 saturated carbocycles. The van der Waals surface area contributed by atoms with Crippen LogP contribution in [-0.4, -0.2) is 13.7 Å². The Hall–Kier alpha value is 0.495. The van der Waals surface area contributed by atoms with E-state index in [1.165, 1.54) is 19.2 Å². The van der Waals surface area contributed by atoms with Gasteiger partial charge in [-0.15, -0.1) is 0 Å². The molecule has 0 nitrogen and oxygen atoms in total. The van der Waals surface area contributed by atoms with Crippen LogP contribution in [0.3, 0.4) is 0 Å². The molecule has 0 aromatic rings. The predicted molar refractivity (Wildman–Crippen MR) is 53.2 cm³/mol. The van der Waals surface area contributed by atoms with Gasteiger partial charge in [0.25, 0.3) is 0 Å². The van der Waals surface area contributed by atoms with Gasteiger partial charge in [-0.2, -0.15) is 8.46 Å². The molecule has 0 bridgehead atoms. The minimum atomic E-state index is 0. The third kappa shape index (κ3) is 17.7. The van der Waals surface area contributed by atoms with Crippen LogP contribution in [-0.2, 0) is 0 Å². The van der Waals surface area contributed by atoms with Crippen LogP contribution in [0.1, 0.15) is 34.6 Å². The van der Waals surface area contributed by atoms with E-state index < -0.39 is 0 Å². The maximum absolute atomic E-state index is 2.36. The molecule has 0 spiro atoms. The standard InChI is InChI=1S/C5H13BP.2CH4/c1-3-4-5-6-7-2;;/h7H,3-5H2,1-2H3;2*1H4. The van der Waals surface area contributed by atoms with Crippen molar-refractivity contribution in [2.75, 3.05) is 6.66 Å². The highest BCUT2D eigenvalue weighted by Gasteiger charge is 1.82. The SMILES string of the molecule is C.C.CCCC[B]PC. The van der Waals surface area contributed by atoms with Crippen molar-refractivity contribution in [3.05, 3.63) is 0 Å². The smallest absolute Gasteiger partial charge is 0.142 e. The molecule has 0 heterocycles. The summed E-state index contributed by atoms with van der Waals surface area (Å²) < 4.78 is 0. The Bertz CT molecular complexity index is 28.1. The van der Waals surface area contributed by atoms with Crippen LogP contribution in [0.2, 0.25) is 6.32 Å². The van der Waals surface area contributed by atoms with E-state index >= 15 is 0 Å². The molecule has 9 heavy (non-hydrogen) atoms. The van der Waals surface area contributed by atoms with E-state index in [-0.39, 0.29) is 14.9 Å². The van der Waals surface area contributed by atoms with Gasteiger partial charge in [0.15, 0.2) is 0 Å². The second-order valence-corrected chi connectivity index (χ2v) is 2.62. The summed E-state index contributed by atoms with van der Waals surface area (Å²) in [5.74, 6) is 0. The van der Waals surface area contributed by atoms with Gasteiger partial charge in [0.2, 0.25) is 0 Å². The van der Waals surface area contributed by atoms with Crippen molar-refractivity contribution in [3.63, 3.8) is 0 Å². The van der Waals surface area contributed by atoms with Crippen molar-refractivity contribution in [2.45, 2.75) is 40.9 Å². The molecule has 1 unspecified atom stereocenters. The van der Waals surface area contributed by atoms with E-state index in [2.05, 4.69) is 20.6 Å². The lowest BCUT2D eigenvalue weighted by molar-refractivity contribution is 0.882. The summed E-state index contributed by atoms with van der Waals surface area (Å²) in [5.41, 5.74) is 0. The van der Waals surface area contributed by atoms with Crippen LogP contribution in [0.25, 0.3) is 0 Å². The van der Waals surface area contributed by atoms with Gasteiger partial charge in [-0.3, -0.25) is 0 Å². The molecular weight excluding hydrogens is 126 g/mol. The van der Waals surface area contributed by atoms with Gasteiger partial charge < -0.3 is 0 Å². The van der Waals surface area contributed by atoms with Crippen molar-refractivity contribution >= 4 is 15.5 Å². The van der Waals surface area contributed by atoms with Crippen molar-refractivity contribution in [2.24, 2.45) is 0 Å². The van der Waals surface area contributed by atoms with E-state index in [0.717, 1.165) is 8.46 Å². The highest BCUT2D eigenvalue weighted by molar-refractivity contribution is 7.70. The molecule has 0 amide bonds. The summed E-state index contributed by atoms with van der Waals surface area (Å²) in [7, 11) is 1.04. The minimum Gasteiger partial charge on any atom is -0.166 e. The quantitative estimate of drug-likeness (QED) is 0.324. The van der Waals surface area contributed by atoms with Gasteiger partial charge in [-0.1, -0.05) is 47.6 Å². The fraction of sp³-hybridized carbons (Fsp3) is 1.00. The van der Waals surface area contributed by atoms with Crippen LogP contribution in [0, 0.1) is 0 Å². The van der Waals surface area contributed by atoms with Crippen LogP contribution in [0.5, 0.6) is 0 Å². The molecule has 0 N–H and O–H groups in total. The Labute approximate surface area is 63.8 Å². The molecule has 1 radical (unpaired) electrons. The van der Waals surface area contributed by atoms with E-state index in [1.54, 1.807) is 0 Å². The Morgan fingerprint density at radius 3 is 2.22 bits per heavy atom. The number of hydrogen-bond acceptors (Lipinski definition) is 0. The van der Waals surface area contributed by atoms with E-state index in [4.69, 9.17) is 0 Å². The zero-order valence-electron chi connectivity index (χ0n) is 5.20. The van der Waals surface area contributed by atoms with Crippen LogP contribution >= 0.6 is 8.46 Å². The molecule has 0 saturated heterocycles. The van der Waals surface area contributed by atoms with Gasteiger partial charge >= 0.3 is 0 Å². The molecule has 0 aromatic carbocycles. The molecule has 0 aliphatic heterocycles. The maximum atomic E-state index is 2.36. The van der Waals surface area contributed by atoms with Gasteiger partial charge in [-0.05, 0) is 0 Å². The summed E-state index contributed by atoms with van der Waals surface area (Å²) in [6.45, 7) is 6.81. The number of unbranched alkanes of at least 4 members (excludes halogenated alkanes) is 1. The third-order valence-electron chi connectivity index (χ3n) is 0.906. The lowest BCUT2D eigenvalue weighted by Gasteiger charge is -1.88. The highest BCUT2D eigenvalue weighted by atomic mass is 31.1. The Kier molecular flexibility index (Phi) is 28.5. The fourth-order valence-corrected chi connectivity index (χ4v) is 0.943. The maximum Gasteiger partial charge on any atom is 0.142 e. The van der Waals surface area contributed by atoms with E-state index in [1.807, 2.05) is 0 Å². The van der Waals surface area contributed by atoms with E-state index in [9.17, 15) is 0 Å². The molecule has 1 atom stereocenters. The third-order valence-corrected chi connectivity index (χ3v) is 1.60. The van der Waals surface area contributed by atoms with E-state index in [0.29, 0.717) is 0 Å². The van der Waals surface area contributed by atoms with Crippen molar-refractivity contribution in [1.29, 1.82) is 0 Å². The topological polar surface area (TPSA) is 0 Å². The zero-order valence-corrected chi connectivity index (χ0v) is 6.20. The average molecular weight is 147 g/mol. The average Bonchev–Trinajstić information content (AvgIpc) is 1.69. The summed E-state index contributed by atoms with van der Waals surface area (Å²) in [6.07, 6.45) is 4.03. The first-order chi connectivity index (χ1) is 3.41. The minimum absolute atomic E-state index is 0. The Morgan fingerprint density at radius 1 is 1.33 bits per heavy atom. The van der Waals surface area contributed by atoms with Crippen LogP contribution in [0.15, 0.2) is 0 Å². The lowest BCUT2D eigenvalue weighted by Crippen LogP contribution is -1.76. The van der Waals surface area contributed by atoms with Crippen molar-refractivity contribution < 1.29 is 0 Å². The first-order valence-corrected chi connectivity index (χ1v) is 4.48. The van der Waals surface area contributed by atoms with Crippen LogP contribution in [0.4, 0.5) is 0 Å². The van der Waals surface area contributed by atoms with Crippen molar-refractivity contribution in [3.8, 4) is 0 Å². The molecule has 0 fully saturated rings. The zero-order chi connectivity index (χ0) is 5.54. The summed E-state index contributed by atoms with van der Waals surface area (Å²) in [5, 5.41) is 0. The fourth-order valence-electron chi connectivity index (χ4n) is 0.451. The number of hydrogen-bond donors (Lipinski definition) is 0. The molecule has 0 aliphatic carbocycles. The second-order valence-electron chi connectivity index (χ2n) is 1.64. The van der Waals surface area contributed by atoms with Gasteiger partial charge in [0, 0.05) is 0 Å². The normalized spacial score (nSPS) is 8.22. The Morgan fingerprint density at radius 2 is 1.89 bits per heavy atom. The molecule has 0 aliphatic rings. The number of rotatable bonds is 4. The van der Waals surface area contributed by atoms with Crippen LogP contribution < -0.4 is 0 Å². The summed E-state index contributed by atoms with van der Waals surface area (Å²) in [4.78, 5) is 0. The predicted octanol–water partition coefficient (Wildman–Crippen LogP) is 3.40. The van der Waals surface area contributed by atoms with Crippen molar-refractivity contribution in [1.82, 2.24) is 0 Å². The van der Waals surface area contributed by atoms with Gasteiger partial charge in [-0.25, -0.2) is 0 Å². The summed E-state index contributed by atoms with van der Waals surface area (Å²) in [6, 6.07) is 0. The molecule has 0 rings (SSSR count). The molecule has 57 valence electrons. The molecule has 0 aromatic heterocycles. The first kappa shape index (κ1) is 16.2. The largest absolute Gasteiger partial charge is 0.166 e. The molecular formula is C7H21BP. The summed E-state index contributed by atoms with van der Waals surface area (Å²) >= 11 is 0. The molecule has 2 heteroatoms. The first-order valence-electron chi connectivity index (χ1n) is 2.90.